The van der Waals surface area contributed by atoms with Crippen molar-refractivity contribution in [1.29, 1.82) is 0 Å². The highest BCUT2D eigenvalue weighted by Gasteiger charge is 2.10. The first kappa shape index (κ1) is 12.5. The van der Waals surface area contributed by atoms with Gasteiger partial charge in [0.1, 0.15) is 11.5 Å². The molecule has 1 aromatic carbocycles. The van der Waals surface area contributed by atoms with E-state index < -0.39 is 0 Å². The van der Waals surface area contributed by atoms with Crippen LogP contribution in [0.2, 0.25) is 0 Å². The van der Waals surface area contributed by atoms with Gasteiger partial charge in [0.2, 0.25) is 0 Å². The van der Waals surface area contributed by atoms with E-state index in [1.165, 1.54) is 7.11 Å². The number of allylic oxidation sites excluding steroid dienone is 1. The number of methoxy groups -OCH3 is 1. The fourth-order valence-electron chi connectivity index (χ4n) is 1.40. The Morgan fingerprint density at radius 1 is 1.44 bits per heavy atom. The molecule has 0 fully saturated rings. The summed E-state index contributed by atoms with van der Waals surface area (Å²) in [6.45, 7) is 1.83. The van der Waals surface area contributed by atoms with E-state index in [2.05, 4.69) is 0 Å². The van der Waals surface area contributed by atoms with E-state index in [0.717, 1.165) is 5.57 Å². The van der Waals surface area contributed by atoms with Crippen LogP contribution in [0.25, 0.3) is 5.57 Å². The Morgan fingerprint density at radius 3 is 2.81 bits per heavy atom. The Morgan fingerprint density at radius 2 is 2.19 bits per heavy atom. The molecular formula is C12H16O4. The average Bonchev–Trinajstić information content (AvgIpc) is 2.26. The van der Waals surface area contributed by atoms with Gasteiger partial charge < -0.3 is 19.7 Å². The highest BCUT2D eigenvalue weighted by atomic mass is 16.7. The second kappa shape index (κ2) is 6.15. The number of aliphatic hydroxyl groups excluding tert-OH is 1. The first-order valence-electron chi connectivity index (χ1n) is 4.92. The third-order valence-electron chi connectivity index (χ3n) is 2.13. The molecule has 2 N–H and O–H groups in total. The molecule has 0 bridgehead atoms. The molecule has 16 heavy (non-hydrogen) atoms. The topological polar surface area (TPSA) is 58.9 Å². The van der Waals surface area contributed by atoms with Crippen molar-refractivity contribution in [3.63, 3.8) is 0 Å². The summed E-state index contributed by atoms with van der Waals surface area (Å²) in [7, 11) is 1.53. The molecule has 0 aliphatic heterocycles. The molecule has 0 aliphatic carbocycles. The molecule has 0 heterocycles. The highest BCUT2D eigenvalue weighted by Crippen LogP contribution is 2.33. The minimum absolute atomic E-state index is 0.0795. The average molecular weight is 224 g/mol. The number of benzene rings is 1. The molecule has 4 heteroatoms. The van der Waals surface area contributed by atoms with Crippen LogP contribution in [0.15, 0.2) is 24.3 Å². The van der Waals surface area contributed by atoms with Crippen molar-refractivity contribution in [1.82, 2.24) is 0 Å². The molecule has 4 nitrogen and oxygen atoms in total. The van der Waals surface area contributed by atoms with Gasteiger partial charge in [0.15, 0.2) is 6.79 Å². The molecule has 0 saturated heterocycles. The summed E-state index contributed by atoms with van der Waals surface area (Å²) < 4.78 is 10.1. The van der Waals surface area contributed by atoms with E-state index in [1.807, 2.05) is 0 Å². The van der Waals surface area contributed by atoms with E-state index in [4.69, 9.17) is 14.6 Å². The van der Waals surface area contributed by atoms with Gasteiger partial charge in [-0.1, -0.05) is 12.1 Å². The van der Waals surface area contributed by atoms with Crippen LogP contribution >= 0.6 is 0 Å². The molecule has 0 aromatic heterocycles. The zero-order chi connectivity index (χ0) is 12.0. The Kier molecular flexibility index (Phi) is 4.82. The van der Waals surface area contributed by atoms with Crippen molar-refractivity contribution in [2.75, 3.05) is 20.5 Å². The molecule has 0 atom stereocenters. The van der Waals surface area contributed by atoms with Crippen molar-refractivity contribution in [2.45, 2.75) is 6.92 Å². The lowest BCUT2D eigenvalue weighted by molar-refractivity contribution is 0.0508. The lowest BCUT2D eigenvalue weighted by atomic mass is 10.0. The predicted molar refractivity (Wildman–Crippen MR) is 61.3 cm³/mol. The summed E-state index contributed by atoms with van der Waals surface area (Å²) in [5.41, 5.74) is 1.33. The molecule has 1 rings (SSSR count). The number of aromatic hydroxyl groups is 1. The molecule has 0 amide bonds. The molecule has 1 aromatic rings. The predicted octanol–water partition coefficient (Wildman–Crippen LogP) is 1.77. The van der Waals surface area contributed by atoms with Gasteiger partial charge in [-0.3, -0.25) is 0 Å². The number of aliphatic hydroxyl groups is 1. The molecule has 0 saturated carbocycles. The zero-order valence-electron chi connectivity index (χ0n) is 9.43. The molecule has 88 valence electrons. The van der Waals surface area contributed by atoms with E-state index in [0.29, 0.717) is 11.3 Å². The van der Waals surface area contributed by atoms with Crippen LogP contribution in [0.4, 0.5) is 0 Å². The van der Waals surface area contributed by atoms with Gasteiger partial charge in [0.25, 0.3) is 0 Å². The van der Waals surface area contributed by atoms with Crippen molar-refractivity contribution in [3.05, 3.63) is 29.8 Å². The number of phenols is 1. The monoisotopic (exact) mass is 224 g/mol. The van der Waals surface area contributed by atoms with Crippen molar-refractivity contribution >= 4 is 5.57 Å². The van der Waals surface area contributed by atoms with E-state index in [9.17, 15) is 5.11 Å². The van der Waals surface area contributed by atoms with Gasteiger partial charge in [-0.25, -0.2) is 0 Å². The Bertz CT molecular complexity index is 371. The Labute approximate surface area is 94.7 Å². The second-order valence-corrected chi connectivity index (χ2v) is 3.27. The number of phenolic OH excluding ortho intramolecular Hbond substituents is 1. The number of ether oxygens (including phenoxy) is 2. The maximum Gasteiger partial charge on any atom is 0.188 e. The molecule has 0 aliphatic rings. The van der Waals surface area contributed by atoms with Crippen molar-refractivity contribution < 1.29 is 19.7 Å². The van der Waals surface area contributed by atoms with Gasteiger partial charge in [-0.05, 0) is 24.6 Å². The summed E-state index contributed by atoms with van der Waals surface area (Å²) in [5, 5.41) is 18.6. The van der Waals surface area contributed by atoms with Crippen LogP contribution in [0.5, 0.6) is 11.5 Å². The number of hydrogen-bond acceptors (Lipinski definition) is 4. The zero-order valence-corrected chi connectivity index (χ0v) is 9.43. The third-order valence-corrected chi connectivity index (χ3v) is 2.13. The summed E-state index contributed by atoms with van der Waals surface area (Å²) >= 11 is 0. The molecule has 0 spiro atoms. The normalized spacial score (nSPS) is 11.6. The Hall–Kier alpha value is -1.52. The molecule has 0 radical (unpaired) electrons. The molecular weight excluding hydrogens is 208 g/mol. The van der Waals surface area contributed by atoms with Crippen molar-refractivity contribution in [2.24, 2.45) is 0 Å². The van der Waals surface area contributed by atoms with Gasteiger partial charge in [-0.15, -0.1) is 0 Å². The van der Waals surface area contributed by atoms with Gasteiger partial charge in [-0.2, -0.15) is 0 Å². The van der Waals surface area contributed by atoms with Crippen LogP contribution in [-0.4, -0.2) is 30.7 Å². The Balaban J connectivity index is 3.08. The summed E-state index contributed by atoms with van der Waals surface area (Å²) in [4.78, 5) is 0. The summed E-state index contributed by atoms with van der Waals surface area (Å²) in [6, 6.07) is 5.00. The SMILES string of the molecule is COCOc1cccc(O)c1/C(C)=C\CO. The van der Waals surface area contributed by atoms with Gasteiger partial charge in [0, 0.05) is 7.11 Å². The van der Waals surface area contributed by atoms with Crippen LogP contribution in [-0.2, 0) is 4.74 Å². The summed E-state index contributed by atoms with van der Waals surface area (Å²) in [6.07, 6.45) is 1.61. The molecule has 0 unspecified atom stereocenters. The van der Waals surface area contributed by atoms with Crippen molar-refractivity contribution in [3.8, 4) is 11.5 Å². The fraction of sp³-hybridized carbons (Fsp3) is 0.333. The second-order valence-electron chi connectivity index (χ2n) is 3.27. The van der Waals surface area contributed by atoms with Gasteiger partial charge in [0.05, 0.1) is 12.2 Å². The maximum absolute atomic E-state index is 9.74. The first-order chi connectivity index (χ1) is 7.70. The number of hydrogen-bond donors (Lipinski definition) is 2. The minimum atomic E-state index is -0.0795. The van der Waals surface area contributed by atoms with E-state index in [-0.39, 0.29) is 19.1 Å². The van der Waals surface area contributed by atoms with Crippen LogP contribution in [0.1, 0.15) is 12.5 Å². The van der Waals surface area contributed by atoms with E-state index >= 15 is 0 Å². The fourth-order valence-corrected chi connectivity index (χ4v) is 1.40. The third kappa shape index (κ3) is 2.98. The van der Waals surface area contributed by atoms with Crippen LogP contribution in [0.3, 0.4) is 0 Å². The lowest BCUT2D eigenvalue weighted by Crippen LogP contribution is -2.01. The number of rotatable bonds is 5. The minimum Gasteiger partial charge on any atom is -0.507 e. The smallest absolute Gasteiger partial charge is 0.188 e. The highest BCUT2D eigenvalue weighted by molar-refractivity contribution is 5.73. The van der Waals surface area contributed by atoms with Crippen LogP contribution < -0.4 is 4.74 Å². The first-order valence-corrected chi connectivity index (χ1v) is 4.92. The van der Waals surface area contributed by atoms with E-state index in [1.54, 1.807) is 31.2 Å². The van der Waals surface area contributed by atoms with Crippen LogP contribution in [0, 0.1) is 0 Å². The lowest BCUT2D eigenvalue weighted by Gasteiger charge is -2.12. The quantitative estimate of drug-likeness (QED) is 0.748. The van der Waals surface area contributed by atoms with Gasteiger partial charge >= 0.3 is 0 Å². The largest absolute Gasteiger partial charge is 0.507 e. The standard InChI is InChI=1S/C12H16O4/c1-9(6-7-13)12-10(14)4-3-5-11(12)16-8-15-2/h3-6,13-14H,7-8H2,1-2H3/b9-6-. The maximum atomic E-state index is 9.74. The summed E-state index contributed by atoms with van der Waals surface area (Å²) in [5.74, 6) is 0.653.